The van der Waals surface area contributed by atoms with Crippen molar-refractivity contribution < 1.29 is 0 Å². The molecule has 0 fully saturated rings. The molecule has 14 heavy (non-hydrogen) atoms. The maximum atomic E-state index is 2.16. The van der Waals surface area contributed by atoms with E-state index in [0.717, 1.165) is 0 Å². The predicted octanol–water partition coefficient (Wildman–Crippen LogP) is 3.31. The van der Waals surface area contributed by atoms with Crippen molar-refractivity contribution in [1.29, 1.82) is 0 Å². The quantitative estimate of drug-likeness (QED) is 0.642. The molecular formula is C13H15N. The van der Waals surface area contributed by atoms with Crippen molar-refractivity contribution >= 4 is 0 Å². The van der Waals surface area contributed by atoms with Gasteiger partial charge in [-0.3, -0.25) is 0 Å². The van der Waals surface area contributed by atoms with Gasteiger partial charge in [0.05, 0.1) is 0 Å². The van der Waals surface area contributed by atoms with Crippen molar-refractivity contribution in [3.8, 4) is 11.3 Å². The van der Waals surface area contributed by atoms with Gasteiger partial charge in [0.25, 0.3) is 0 Å². The largest absolute Gasteiger partial charge is 0.351 e. The Labute approximate surface area is 85.0 Å². The first kappa shape index (κ1) is 9.07. The second-order valence-electron chi connectivity index (χ2n) is 3.77. The van der Waals surface area contributed by atoms with Crippen molar-refractivity contribution in [2.75, 3.05) is 0 Å². The van der Waals surface area contributed by atoms with Crippen molar-refractivity contribution in [2.45, 2.75) is 13.8 Å². The number of rotatable bonds is 1. The summed E-state index contributed by atoms with van der Waals surface area (Å²) in [6.45, 7) is 4.32. The molecule has 0 unspecified atom stereocenters. The number of aromatic nitrogens is 1. The molecule has 2 aromatic rings. The monoisotopic (exact) mass is 185 g/mol. The van der Waals surface area contributed by atoms with E-state index in [1.807, 2.05) is 0 Å². The molecule has 2 rings (SSSR count). The Kier molecular flexibility index (Phi) is 2.16. The lowest BCUT2D eigenvalue weighted by Crippen LogP contribution is -1.94. The maximum Gasteiger partial charge on any atom is 0.0483 e. The second-order valence-corrected chi connectivity index (χ2v) is 3.77. The highest BCUT2D eigenvalue weighted by atomic mass is 14.9. The molecule has 1 heteroatoms. The molecule has 0 bridgehead atoms. The van der Waals surface area contributed by atoms with Gasteiger partial charge in [0.15, 0.2) is 0 Å². The highest BCUT2D eigenvalue weighted by Gasteiger charge is 2.06. The first-order valence-corrected chi connectivity index (χ1v) is 4.88. The third-order valence-electron chi connectivity index (χ3n) is 2.68. The molecule has 72 valence electrons. The minimum atomic E-state index is 1.29. The molecule has 0 saturated carbocycles. The van der Waals surface area contributed by atoms with Crippen LogP contribution in [0, 0.1) is 13.8 Å². The van der Waals surface area contributed by atoms with Gasteiger partial charge < -0.3 is 4.57 Å². The van der Waals surface area contributed by atoms with Crippen LogP contribution < -0.4 is 0 Å². The summed E-state index contributed by atoms with van der Waals surface area (Å²) in [7, 11) is 2.08. The highest BCUT2D eigenvalue weighted by Crippen LogP contribution is 2.26. The lowest BCUT2D eigenvalue weighted by Gasteiger charge is -2.10. The SMILES string of the molecule is Cc1cccc(C)c1-c1cccn1C. The average Bonchev–Trinajstić information content (AvgIpc) is 2.52. The van der Waals surface area contributed by atoms with Crippen LogP contribution >= 0.6 is 0 Å². The molecule has 1 heterocycles. The molecule has 0 saturated heterocycles. The van der Waals surface area contributed by atoms with E-state index in [2.05, 4.69) is 62.0 Å². The summed E-state index contributed by atoms with van der Waals surface area (Å²) in [4.78, 5) is 0. The first-order chi connectivity index (χ1) is 6.70. The van der Waals surface area contributed by atoms with E-state index < -0.39 is 0 Å². The van der Waals surface area contributed by atoms with Gasteiger partial charge in [-0.05, 0) is 37.1 Å². The van der Waals surface area contributed by atoms with Gasteiger partial charge in [-0.15, -0.1) is 0 Å². The van der Waals surface area contributed by atoms with Crippen LogP contribution in [0.15, 0.2) is 36.5 Å². The summed E-state index contributed by atoms with van der Waals surface area (Å²) >= 11 is 0. The normalized spacial score (nSPS) is 10.5. The second kappa shape index (κ2) is 3.33. The number of nitrogens with zero attached hydrogens (tertiary/aromatic N) is 1. The van der Waals surface area contributed by atoms with Gasteiger partial charge in [0.2, 0.25) is 0 Å². The van der Waals surface area contributed by atoms with Crippen LogP contribution in [0.3, 0.4) is 0 Å². The van der Waals surface area contributed by atoms with Crippen LogP contribution in [0.2, 0.25) is 0 Å². The summed E-state index contributed by atoms with van der Waals surface area (Å²) in [6, 6.07) is 10.7. The van der Waals surface area contributed by atoms with Crippen molar-refractivity contribution in [1.82, 2.24) is 4.57 Å². The van der Waals surface area contributed by atoms with Gasteiger partial charge in [0.1, 0.15) is 0 Å². The molecule has 0 amide bonds. The summed E-state index contributed by atoms with van der Waals surface area (Å²) in [5.41, 5.74) is 5.33. The van der Waals surface area contributed by atoms with Crippen molar-refractivity contribution in [2.24, 2.45) is 7.05 Å². The Balaban J connectivity index is 2.68. The summed E-state index contributed by atoms with van der Waals surface area (Å²) in [6.07, 6.45) is 2.08. The summed E-state index contributed by atoms with van der Waals surface area (Å²) in [5, 5.41) is 0. The van der Waals surface area contributed by atoms with Crippen molar-refractivity contribution in [3.63, 3.8) is 0 Å². The van der Waals surface area contributed by atoms with Crippen LogP contribution in [0.5, 0.6) is 0 Å². The molecule has 0 aliphatic heterocycles. The van der Waals surface area contributed by atoms with E-state index in [0.29, 0.717) is 0 Å². The molecular weight excluding hydrogens is 170 g/mol. The smallest absolute Gasteiger partial charge is 0.0483 e. The van der Waals surface area contributed by atoms with Crippen LogP contribution in [-0.2, 0) is 7.05 Å². The van der Waals surface area contributed by atoms with Gasteiger partial charge in [-0.2, -0.15) is 0 Å². The van der Waals surface area contributed by atoms with Gasteiger partial charge >= 0.3 is 0 Å². The fraction of sp³-hybridized carbons (Fsp3) is 0.231. The van der Waals surface area contributed by atoms with E-state index in [-0.39, 0.29) is 0 Å². The third kappa shape index (κ3) is 1.35. The van der Waals surface area contributed by atoms with E-state index in [1.165, 1.54) is 22.4 Å². The van der Waals surface area contributed by atoms with Crippen LogP contribution in [0.25, 0.3) is 11.3 Å². The van der Waals surface area contributed by atoms with Crippen LogP contribution in [0.4, 0.5) is 0 Å². The fourth-order valence-corrected chi connectivity index (χ4v) is 1.94. The number of aryl methyl sites for hydroxylation is 3. The number of hydrogen-bond acceptors (Lipinski definition) is 0. The van der Waals surface area contributed by atoms with E-state index in [1.54, 1.807) is 0 Å². The fourth-order valence-electron chi connectivity index (χ4n) is 1.94. The number of hydrogen-bond donors (Lipinski definition) is 0. The van der Waals surface area contributed by atoms with Crippen molar-refractivity contribution in [3.05, 3.63) is 47.7 Å². The zero-order valence-corrected chi connectivity index (χ0v) is 8.91. The minimum absolute atomic E-state index is 1.29. The Morgan fingerprint density at radius 1 is 0.929 bits per heavy atom. The first-order valence-electron chi connectivity index (χ1n) is 4.88. The molecule has 1 aromatic heterocycles. The summed E-state index contributed by atoms with van der Waals surface area (Å²) < 4.78 is 2.16. The Hall–Kier alpha value is -1.50. The highest BCUT2D eigenvalue weighted by molar-refractivity contribution is 5.68. The zero-order chi connectivity index (χ0) is 10.1. The molecule has 0 atom stereocenters. The molecule has 0 radical (unpaired) electrons. The topological polar surface area (TPSA) is 4.93 Å². The predicted molar refractivity (Wildman–Crippen MR) is 60.3 cm³/mol. The average molecular weight is 185 g/mol. The van der Waals surface area contributed by atoms with E-state index in [9.17, 15) is 0 Å². The van der Waals surface area contributed by atoms with Gasteiger partial charge in [0, 0.05) is 24.5 Å². The Morgan fingerprint density at radius 3 is 2.07 bits per heavy atom. The summed E-state index contributed by atoms with van der Waals surface area (Å²) in [5.74, 6) is 0. The lowest BCUT2D eigenvalue weighted by atomic mass is 10.0. The third-order valence-corrected chi connectivity index (χ3v) is 2.68. The Bertz CT molecular complexity index is 432. The van der Waals surface area contributed by atoms with Crippen LogP contribution in [-0.4, -0.2) is 4.57 Å². The van der Waals surface area contributed by atoms with E-state index in [4.69, 9.17) is 0 Å². The molecule has 0 spiro atoms. The molecule has 0 aliphatic rings. The van der Waals surface area contributed by atoms with E-state index >= 15 is 0 Å². The molecule has 0 aliphatic carbocycles. The Morgan fingerprint density at radius 2 is 1.57 bits per heavy atom. The maximum absolute atomic E-state index is 2.16. The lowest BCUT2D eigenvalue weighted by molar-refractivity contribution is 0.934. The minimum Gasteiger partial charge on any atom is -0.351 e. The standard InChI is InChI=1S/C13H15N/c1-10-6-4-7-11(2)13(10)12-8-5-9-14(12)3/h4-9H,1-3H3. The molecule has 0 N–H and O–H groups in total. The number of benzene rings is 1. The van der Waals surface area contributed by atoms with Crippen LogP contribution in [0.1, 0.15) is 11.1 Å². The zero-order valence-electron chi connectivity index (χ0n) is 8.91. The molecule has 1 aromatic carbocycles. The van der Waals surface area contributed by atoms with Gasteiger partial charge in [-0.25, -0.2) is 0 Å². The van der Waals surface area contributed by atoms with Gasteiger partial charge in [-0.1, -0.05) is 18.2 Å². The molecule has 1 nitrogen and oxygen atoms in total.